The molecule has 1 aliphatic rings. The molecule has 4 rings (SSSR count). The molecule has 0 saturated carbocycles. The van der Waals surface area contributed by atoms with Gasteiger partial charge in [-0.3, -0.25) is 14.5 Å². The van der Waals surface area contributed by atoms with Crippen LogP contribution >= 0.6 is 0 Å². The molecule has 0 radical (unpaired) electrons. The van der Waals surface area contributed by atoms with E-state index in [1.54, 1.807) is 37.3 Å². The van der Waals surface area contributed by atoms with Gasteiger partial charge in [0.25, 0.3) is 0 Å². The highest BCUT2D eigenvalue weighted by molar-refractivity contribution is 5.91. The fourth-order valence-corrected chi connectivity index (χ4v) is 4.15. The van der Waals surface area contributed by atoms with Gasteiger partial charge >= 0.3 is 0 Å². The number of aliphatic hydroxyl groups excluding tert-OH is 1. The zero-order chi connectivity index (χ0) is 22.5. The number of β-amino-alcohol motifs (C(OH)–C–C–N with tert-alkyl or cyclic N) is 1. The zero-order valence-electron chi connectivity index (χ0n) is 18.5. The normalized spacial score (nSPS) is 16.2. The fourth-order valence-electron chi connectivity index (χ4n) is 4.15. The molecule has 3 heterocycles. The van der Waals surface area contributed by atoms with Gasteiger partial charge in [-0.05, 0) is 55.8 Å². The number of aliphatic hydroxyl groups is 1. The van der Waals surface area contributed by atoms with Crippen LogP contribution in [0.5, 0.6) is 5.75 Å². The number of methoxy groups -OCH3 is 1. The lowest BCUT2D eigenvalue weighted by molar-refractivity contribution is -0.115. The van der Waals surface area contributed by atoms with Crippen molar-refractivity contribution in [2.45, 2.75) is 25.0 Å². The van der Waals surface area contributed by atoms with Gasteiger partial charge in [0.1, 0.15) is 11.6 Å². The van der Waals surface area contributed by atoms with Crippen molar-refractivity contribution in [3.63, 3.8) is 0 Å². The van der Waals surface area contributed by atoms with Crippen LogP contribution in [0.15, 0.2) is 42.7 Å². The number of pyridine rings is 1. The number of aromatic nitrogens is 3. The Morgan fingerprint density at radius 3 is 2.78 bits per heavy atom. The highest BCUT2D eigenvalue weighted by atomic mass is 16.5. The third-order valence-electron chi connectivity index (χ3n) is 6.00. The van der Waals surface area contributed by atoms with Crippen molar-refractivity contribution in [1.82, 2.24) is 25.0 Å². The third-order valence-corrected chi connectivity index (χ3v) is 6.00. The number of carbonyl (C=O) groups is 1. The van der Waals surface area contributed by atoms with Gasteiger partial charge < -0.3 is 25.4 Å². The summed E-state index contributed by atoms with van der Waals surface area (Å²) in [5, 5.41) is 22.1. The number of hydrogen-bond donors (Lipinski definition) is 3. The molecule has 1 amide bonds. The average molecular weight is 439 g/mol. The van der Waals surface area contributed by atoms with Crippen LogP contribution in [0, 0.1) is 0 Å². The van der Waals surface area contributed by atoms with Gasteiger partial charge in [0.05, 0.1) is 31.5 Å². The van der Waals surface area contributed by atoms with Crippen LogP contribution in [0.25, 0.3) is 10.9 Å². The molecule has 3 N–H and O–H groups in total. The van der Waals surface area contributed by atoms with Gasteiger partial charge in [-0.1, -0.05) is 0 Å². The van der Waals surface area contributed by atoms with Gasteiger partial charge in [0, 0.05) is 37.3 Å². The van der Waals surface area contributed by atoms with E-state index in [2.05, 4.69) is 25.6 Å². The van der Waals surface area contributed by atoms with Crippen LogP contribution in [0.2, 0.25) is 0 Å². The van der Waals surface area contributed by atoms with Gasteiger partial charge in [-0.2, -0.15) is 5.10 Å². The average Bonchev–Trinajstić information content (AvgIpc) is 3.21. The van der Waals surface area contributed by atoms with Crippen LogP contribution in [0.1, 0.15) is 24.5 Å². The van der Waals surface area contributed by atoms with Crippen molar-refractivity contribution >= 4 is 22.6 Å². The molecule has 32 heavy (non-hydrogen) atoms. The number of hydrogen-bond acceptors (Lipinski definition) is 7. The fraction of sp³-hybridized carbons (Fsp3) is 0.435. The van der Waals surface area contributed by atoms with E-state index in [-0.39, 0.29) is 18.5 Å². The number of carbonyl (C=O) groups excluding carboxylic acids is 1. The smallest absolute Gasteiger partial charge is 0.239 e. The number of ether oxygens (including phenoxy) is 1. The Morgan fingerprint density at radius 2 is 2.06 bits per heavy atom. The first-order valence-corrected chi connectivity index (χ1v) is 10.9. The molecule has 9 nitrogen and oxygen atoms in total. The van der Waals surface area contributed by atoms with Crippen molar-refractivity contribution in [3.8, 4) is 5.75 Å². The largest absolute Gasteiger partial charge is 0.497 e. The lowest BCUT2D eigenvalue weighted by Gasteiger charge is -2.33. The number of nitrogens with one attached hydrogen (secondary N) is 2. The Kier molecular flexibility index (Phi) is 6.99. The van der Waals surface area contributed by atoms with Crippen molar-refractivity contribution in [1.29, 1.82) is 0 Å². The minimum atomic E-state index is -0.609. The molecule has 1 atom stereocenters. The van der Waals surface area contributed by atoms with E-state index in [1.807, 2.05) is 24.3 Å². The number of benzene rings is 1. The molecule has 0 spiro atoms. The Balaban J connectivity index is 1.26. The summed E-state index contributed by atoms with van der Waals surface area (Å²) in [6, 6.07) is 9.64. The molecule has 1 aromatic carbocycles. The summed E-state index contributed by atoms with van der Waals surface area (Å²) in [6.07, 6.45) is 4.63. The second-order valence-corrected chi connectivity index (χ2v) is 8.14. The van der Waals surface area contributed by atoms with E-state index < -0.39 is 6.10 Å². The van der Waals surface area contributed by atoms with Crippen molar-refractivity contribution < 1.29 is 14.6 Å². The van der Waals surface area contributed by atoms with Gasteiger partial charge in [-0.25, -0.2) is 0 Å². The highest BCUT2D eigenvalue weighted by Gasteiger charge is 2.23. The summed E-state index contributed by atoms with van der Waals surface area (Å²) < 4.78 is 6.96. The van der Waals surface area contributed by atoms with Gasteiger partial charge in [0.2, 0.25) is 5.91 Å². The molecular formula is C23H30N6O3. The summed E-state index contributed by atoms with van der Waals surface area (Å²) in [5.41, 5.74) is 1.70. The number of aryl methyl sites for hydroxylation is 1. The lowest BCUT2D eigenvalue weighted by Crippen LogP contribution is -2.45. The van der Waals surface area contributed by atoms with Crippen molar-refractivity contribution in [2.24, 2.45) is 7.05 Å². The third kappa shape index (κ3) is 5.24. The van der Waals surface area contributed by atoms with Crippen molar-refractivity contribution in [2.75, 3.05) is 38.6 Å². The molecule has 3 aromatic rings. The van der Waals surface area contributed by atoms with Gasteiger partial charge in [-0.15, -0.1) is 0 Å². The second kappa shape index (κ2) is 10.1. The maximum atomic E-state index is 12.2. The zero-order valence-corrected chi connectivity index (χ0v) is 18.5. The van der Waals surface area contributed by atoms with E-state index in [9.17, 15) is 9.90 Å². The predicted molar refractivity (Wildman–Crippen MR) is 123 cm³/mol. The molecule has 1 aliphatic heterocycles. The van der Waals surface area contributed by atoms with Crippen molar-refractivity contribution in [3.05, 3.63) is 48.3 Å². The monoisotopic (exact) mass is 438 g/mol. The van der Waals surface area contributed by atoms with E-state index in [0.717, 1.165) is 48.1 Å². The Labute approximate surface area is 187 Å². The lowest BCUT2D eigenvalue weighted by atomic mass is 10.0. The summed E-state index contributed by atoms with van der Waals surface area (Å²) in [5.74, 6) is 1.35. The SMILES string of the molecule is COc1ccc2nccc([C@H](O)CN3CCC(NCC(=O)Nc4ccnn4C)CC3)c2c1. The first-order valence-electron chi connectivity index (χ1n) is 10.9. The molecule has 0 aliphatic carbocycles. The number of fused-ring (bicyclic) bond motifs is 1. The van der Waals surface area contributed by atoms with E-state index in [0.29, 0.717) is 12.4 Å². The summed E-state index contributed by atoms with van der Waals surface area (Å²) in [7, 11) is 3.42. The van der Waals surface area contributed by atoms with E-state index >= 15 is 0 Å². The number of anilines is 1. The molecule has 170 valence electrons. The Bertz CT molecular complexity index is 1060. The number of piperidine rings is 1. The van der Waals surface area contributed by atoms with Crippen LogP contribution in [0.4, 0.5) is 5.82 Å². The molecule has 0 unspecified atom stereocenters. The minimum Gasteiger partial charge on any atom is -0.497 e. The maximum Gasteiger partial charge on any atom is 0.239 e. The summed E-state index contributed by atoms with van der Waals surface area (Å²) in [6.45, 7) is 2.56. The topological polar surface area (TPSA) is 105 Å². The molecule has 1 saturated heterocycles. The molecule has 2 aromatic heterocycles. The summed E-state index contributed by atoms with van der Waals surface area (Å²) >= 11 is 0. The number of nitrogens with zero attached hydrogens (tertiary/aromatic N) is 4. The first-order chi connectivity index (χ1) is 15.5. The first kappa shape index (κ1) is 22.2. The number of likely N-dealkylation sites (tertiary alicyclic amines) is 1. The van der Waals surface area contributed by atoms with E-state index in [1.165, 1.54) is 0 Å². The Hall–Kier alpha value is -3.01. The quantitative estimate of drug-likeness (QED) is 0.492. The molecular weight excluding hydrogens is 408 g/mol. The Morgan fingerprint density at radius 1 is 1.25 bits per heavy atom. The molecule has 9 heteroatoms. The minimum absolute atomic E-state index is 0.0774. The standard InChI is InChI=1S/C23H30N6O3/c1-28-22(6-10-26-28)27-23(31)14-25-16-7-11-29(12-8-16)15-21(30)18-5-9-24-20-4-3-17(32-2)13-19(18)20/h3-6,9-10,13,16,21,25,30H,7-8,11-12,14-15H2,1-2H3,(H,27,31)/t21-/m1/s1. The van der Waals surface area contributed by atoms with Crippen LogP contribution in [-0.4, -0.2) is 70.0 Å². The highest BCUT2D eigenvalue weighted by Crippen LogP contribution is 2.27. The van der Waals surface area contributed by atoms with Crippen LogP contribution in [-0.2, 0) is 11.8 Å². The van der Waals surface area contributed by atoms with Crippen LogP contribution in [0.3, 0.4) is 0 Å². The predicted octanol–water partition coefficient (Wildman–Crippen LogP) is 1.70. The van der Waals surface area contributed by atoms with E-state index in [4.69, 9.17) is 4.74 Å². The molecule has 0 bridgehead atoms. The second-order valence-electron chi connectivity index (χ2n) is 8.14. The summed E-state index contributed by atoms with van der Waals surface area (Å²) in [4.78, 5) is 18.8. The van der Waals surface area contributed by atoms with Gasteiger partial charge in [0.15, 0.2) is 0 Å². The molecule has 1 fully saturated rings. The number of amides is 1. The number of rotatable bonds is 8. The maximum absolute atomic E-state index is 12.2. The van der Waals surface area contributed by atoms with Crippen LogP contribution < -0.4 is 15.4 Å².